The minimum Gasteiger partial charge on any atom is -0.497 e. The summed E-state index contributed by atoms with van der Waals surface area (Å²) < 4.78 is 15.1. The van der Waals surface area contributed by atoms with E-state index in [1.165, 1.54) is 0 Å². The maximum Gasteiger partial charge on any atom is 0.408 e. The van der Waals surface area contributed by atoms with Gasteiger partial charge in [0.15, 0.2) is 6.04 Å². The van der Waals surface area contributed by atoms with Gasteiger partial charge in [-0.1, -0.05) is 12.1 Å². The first-order valence-corrected chi connectivity index (χ1v) is 7.15. The Labute approximate surface area is 135 Å². The molecule has 0 fully saturated rings. The van der Waals surface area contributed by atoms with Gasteiger partial charge in [0, 0.05) is 0 Å². The Kier molecular flexibility index (Phi) is 6.84. The van der Waals surface area contributed by atoms with Gasteiger partial charge in [-0.05, 0) is 38.5 Å². The fourth-order valence-electron chi connectivity index (χ4n) is 1.61. The summed E-state index contributed by atoms with van der Waals surface area (Å²) in [6, 6.07) is 5.81. The minimum absolute atomic E-state index is 0.0231. The Morgan fingerprint density at radius 3 is 2.30 bits per heavy atom. The number of aliphatic hydroxyl groups excluding tert-OH is 1. The summed E-state index contributed by atoms with van der Waals surface area (Å²) in [6.07, 6.45) is -0.794. The summed E-state index contributed by atoms with van der Waals surface area (Å²) >= 11 is 0. The van der Waals surface area contributed by atoms with Crippen LogP contribution in [0.15, 0.2) is 24.3 Å². The zero-order valence-corrected chi connectivity index (χ0v) is 13.8. The molecule has 0 spiro atoms. The molecule has 0 bridgehead atoms. The molecule has 1 aromatic carbocycles. The Morgan fingerprint density at radius 1 is 1.22 bits per heavy atom. The fourth-order valence-corrected chi connectivity index (χ4v) is 1.61. The third-order valence-electron chi connectivity index (χ3n) is 2.70. The molecule has 1 amide bonds. The van der Waals surface area contributed by atoms with E-state index in [1.807, 2.05) is 0 Å². The van der Waals surface area contributed by atoms with Crippen molar-refractivity contribution < 1.29 is 28.9 Å². The molecule has 0 aliphatic heterocycles. The number of rotatable bonds is 6. The maximum atomic E-state index is 11.9. The SMILES string of the molecule is COc1ccc(COC(=O)[C@H](CO)NC(=O)OC(C)(C)C)cc1. The van der Waals surface area contributed by atoms with Crippen molar-refractivity contribution in [3.8, 4) is 5.75 Å². The standard InChI is InChI=1S/C16H23NO6/c1-16(2,3)23-15(20)17-13(9-18)14(19)22-10-11-5-7-12(21-4)8-6-11/h5-8,13,18H,9-10H2,1-4H3,(H,17,20)/t13-/m0/s1. The van der Waals surface area contributed by atoms with E-state index in [-0.39, 0.29) is 6.61 Å². The van der Waals surface area contributed by atoms with E-state index in [4.69, 9.17) is 14.2 Å². The molecule has 0 aromatic heterocycles. The number of nitrogens with one attached hydrogen (secondary N) is 1. The van der Waals surface area contributed by atoms with Crippen LogP contribution in [0.2, 0.25) is 0 Å². The molecule has 1 aromatic rings. The van der Waals surface area contributed by atoms with Crippen LogP contribution in [-0.2, 0) is 20.9 Å². The first-order chi connectivity index (χ1) is 10.7. The average molecular weight is 325 g/mol. The molecule has 0 saturated heterocycles. The third-order valence-corrected chi connectivity index (χ3v) is 2.70. The third kappa shape index (κ3) is 7.01. The van der Waals surface area contributed by atoms with E-state index < -0.39 is 30.3 Å². The summed E-state index contributed by atoms with van der Waals surface area (Å²) in [7, 11) is 1.56. The number of ether oxygens (including phenoxy) is 3. The van der Waals surface area contributed by atoms with Gasteiger partial charge in [0.05, 0.1) is 13.7 Å². The lowest BCUT2D eigenvalue weighted by molar-refractivity contribution is -0.148. The highest BCUT2D eigenvalue weighted by Crippen LogP contribution is 2.12. The van der Waals surface area contributed by atoms with E-state index in [9.17, 15) is 14.7 Å². The van der Waals surface area contributed by atoms with Gasteiger partial charge in [0.2, 0.25) is 0 Å². The first-order valence-electron chi connectivity index (χ1n) is 7.15. The topological polar surface area (TPSA) is 94.1 Å². The largest absolute Gasteiger partial charge is 0.497 e. The fraction of sp³-hybridized carbons (Fsp3) is 0.500. The molecule has 23 heavy (non-hydrogen) atoms. The van der Waals surface area contributed by atoms with Crippen LogP contribution < -0.4 is 10.1 Å². The zero-order chi connectivity index (χ0) is 17.5. The molecule has 0 saturated carbocycles. The lowest BCUT2D eigenvalue weighted by Gasteiger charge is -2.22. The number of alkyl carbamates (subject to hydrolysis) is 1. The van der Waals surface area contributed by atoms with Crippen molar-refractivity contribution in [3.05, 3.63) is 29.8 Å². The monoisotopic (exact) mass is 325 g/mol. The second-order valence-corrected chi connectivity index (χ2v) is 5.84. The number of benzene rings is 1. The number of hydrogen-bond acceptors (Lipinski definition) is 6. The molecular formula is C16H23NO6. The smallest absolute Gasteiger partial charge is 0.408 e. The minimum atomic E-state index is -1.18. The number of carbonyl (C=O) groups is 2. The summed E-state index contributed by atoms with van der Waals surface area (Å²) in [5.74, 6) is -0.0471. The summed E-state index contributed by atoms with van der Waals surface area (Å²) in [5, 5.41) is 11.5. The van der Waals surface area contributed by atoms with Crippen LogP contribution in [-0.4, -0.2) is 42.5 Å². The van der Waals surface area contributed by atoms with Crippen molar-refractivity contribution in [1.29, 1.82) is 0 Å². The van der Waals surface area contributed by atoms with E-state index in [2.05, 4.69) is 5.32 Å². The first kappa shape index (κ1) is 18.8. The van der Waals surface area contributed by atoms with Gasteiger partial charge < -0.3 is 24.6 Å². The van der Waals surface area contributed by atoms with Crippen LogP contribution in [0.5, 0.6) is 5.75 Å². The highest BCUT2D eigenvalue weighted by atomic mass is 16.6. The van der Waals surface area contributed by atoms with Gasteiger partial charge in [0.25, 0.3) is 0 Å². The second kappa shape index (κ2) is 8.38. The Bertz CT molecular complexity index is 520. The molecule has 0 heterocycles. The second-order valence-electron chi connectivity index (χ2n) is 5.84. The maximum absolute atomic E-state index is 11.9. The highest BCUT2D eigenvalue weighted by Gasteiger charge is 2.24. The van der Waals surface area contributed by atoms with Crippen molar-refractivity contribution in [2.75, 3.05) is 13.7 Å². The van der Waals surface area contributed by atoms with Gasteiger partial charge >= 0.3 is 12.1 Å². The molecule has 1 rings (SSSR count). The molecule has 2 N–H and O–H groups in total. The predicted octanol–water partition coefficient (Wildman–Crippen LogP) is 1.62. The normalized spacial score (nSPS) is 12.2. The van der Waals surface area contributed by atoms with Crippen molar-refractivity contribution in [2.45, 2.75) is 39.0 Å². The molecule has 0 aliphatic carbocycles. The molecule has 7 nitrogen and oxygen atoms in total. The quantitative estimate of drug-likeness (QED) is 0.772. The van der Waals surface area contributed by atoms with Crippen LogP contribution >= 0.6 is 0 Å². The van der Waals surface area contributed by atoms with Gasteiger partial charge in [-0.25, -0.2) is 9.59 Å². The predicted molar refractivity (Wildman–Crippen MR) is 83.0 cm³/mol. The number of carbonyl (C=O) groups excluding carboxylic acids is 2. The van der Waals surface area contributed by atoms with Crippen LogP contribution in [0, 0.1) is 0 Å². The number of aliphatic hydroxyl groups is 1. The van der Waals surface area contributed by atoms with Crippen LogP contribution in [0.1, 0.15) is 26.3 Å². The van der Waals surface area contributed by atoms with Crippen molar-refractivity contribution in [2.24, 2.45) is 0 Å². The van der Waals surface area contributed by atoms with E-state index >= 15 is 0 Å². The summed E-state index contributed by atoms with van der Waals surface area (Å²) in [4.78, 5) is 23.5. The van der Waals surface area contributed by atoms with Crippen LogP contribution in [0.25, 0.3) is 0 Å². The van der Waals surface area contributed by atoms with Crippen LogP contribution in [0.4, 0.5) is 4.79 Å². The van der Waals surface area contributed by atoms with Gasteiger partial charge in [0.1, 0.15) is 18.0 Å². The Morgan fingerprint density at radius 2 is 1.83 bits per heavy atom. The lowest BCUT2D eigenvalue weighted by Crippen LogP contribution is -2.46. The van der Waals surface area contributed by atoms with E-state index in [1.54, 1.807) is 52.1 Å². The molecule has 1 atom stereocenters. The summed E-state index contributed by atoms with van der Waals surface area (Å²) in [6.45, 7) is 4.53. The molecule has 0 radical (unpaired) electrons. The molecule has 128 valence electrons. The molecular weight excluding hydrogens is 302 g/mol. The number of methoxy groups -OCH3 is 1. The number of amides is 1. The van der Waals surface area contributed by atoms with Crippen LogP contribution in [0.3, 0.4) is 0 Å². The molecule has 0 unspecified atom stereocenters. The van der Waals surface area contributed by atoms with Crippen molar-refractivity contribution >= 4 is 12.1 Å². The van der Waals surface area contributed by atoms with Crippen molar-refractivity contribution in [1.82, 2.24) is 5.32 Å². The zero-order valence-electron chi connectivity index (χ0n) is 13.8. The summed E-state index contributed by atoms with van der Waals surface area (Å²) in [5.41, 5.74) is 0.0602. The Balaban J connectivity index is 2.51. The number of esters is 1. The number of hydrogen-bond donors (Lipinski definition) is 2. The van der Waals surface area contributed by atoms with Gasteiger partial charge in [-0.2, -0.15) is 0 Å². The molecule has 7 heteroatoms. The van der Waals surface area contributed by atoms with Gasteiger partial charge in [-0.3, -0.25) is 0 Å². The lowest BCUT2D eigenvalue weighted by atomic mass is 10.2. The van der Waals surface area contributed by atoms with E-state index in [0.717, 1.165) is 5.56 Å². The van der Waals surface area contributed by atoms with Gasteiger partial charge in [-0.15, -0.1) is 0 Å². The molecule has 0 aliphatic rings. The highest BCUT2D eigenvalue weighted by molar-refractivity contribution is 5.81. The average Bonchev–Trinajstić information content (AvgIpc) is 2.49. The van der Waals surface area contributed by atoms with Crippen molar-refractivity contribution in [3.63, 3.8) is 0 Å². The van der Waals surface area contributed by atoms with E-state index in [0.29, 0.717) is 5.75 Å². The Hall–Kier alpha value is -2.28.